The molecule has 0 aliphatic carbocycles. The van der Waals surface area contributed by atoms with E-state index in [2.05, 4.69) is 27.3 Å². The van der Waals surface area contributed by atoms with E-state index in [0.717, 1.165) is 61.2 Å². The summed E-state index contributed by atoms with van der Waals surface area (Å²) in [6.07, 6.45) is 1.48. The summed E-state index contributed by atoms with van der Waals surface area (Å²) >= 11 is 0. The van der Waals surface area contributed by atoms with Crippen LogP contribution in [0.4, 0.5) is 0 Å². The second-order valence-corrected chi connectivity index (χ2v) is 8.39. The number of piperazine rings is 1. The number of aryl methyl sites for hydroxylation is 1. The molecule has 4 heterocycles. The summed E-state index contributed by atoms with van der Waals surface area (Å²) in [4.78, 5) is 20.1. The maximum atomic E-state index is 13.0. The van der Waals surface area contributed by atoms with Crippen LogP contribution in [0.3, 0.4) is 0 Å². The summed E-state index contributed by atoms with van der Waals surface area (Å²) in [5, 5.41) is 6.80. The standard InChI is InChI=1S/C22H26N6O3/c1-15-9-18(16(2)28(15)22-23-13-24-25-22)19(29)12-27-7-5-26(6-8-27)11-17-3-4-20-21(10-17)31-14-30-20/h3-4,9-10,13H,5-8,11-12,14H2,1-2H3,(H,23,24,25)/p+2. The molecular weight excluding hydrogens is 396 g/mol. The van der Waals surface area contributed by atoms with E-state index in [4.69, 9.17) is 9.47 Å². The summed E-state index contributed by atoms with van der Waals surface area (Å²) in [5.41, 5.74) is 3.92. The third-order valence-electron chi connectivity index (χ3n) is 6.31. The van der Waals surface area contributed by atoms with Gasteiger partial charge in [0.15, 0.2) is 11.5 Å². The molecule has 0 radical (unpaired) electrons. The predicted molar refractivity (Wildman–Crippen MR) is 112 cm³/mol. The van der Waals surface area contributed by atoms with Gasteiger partial charge in [0, 0.05) is 22.5 Å². The number of nitrogens with zero attached hydrogens (tertiary/aromatic N) is 3. The van der Waals surface area contributed by atoms with Crippen molar-refractivity contribution in [1.82, 2.24) is 19.7 Å². The van der Waals surface area contributed by atoms with Crippen LogP contribution in [0.25, 0.3) is 5.95 Å². The molecule has 2 aliphatic heterocycles. The zero-order chi connectivity index (χ0) is 21.4. The highest BCUT2D eigenvalue weighted by Gasteiger charge is 2.27. The van der Waals surface area contributed by atoms with Crippen molar-refractivity contribution < 1.29 is 24.1 Å². The first-order chi connectivity index (χ1) is 15.1. The number of Topliss-reactive ketones (excluding diaryl/α,β-unsaturated/α-hetero) is 1. The fourth-order valence-electron chi connectivity index (χ4n) is 4.65. The molecular formula is C22H28N6O3+2. The van der Waals surface area contributed by atoms with Crippen LogP contribution in [0.2, 0.25) is 0 Å². The van der Waals surface area contributed by atoms with E-state index in [0.29, 0.717) is 19.3 Å². The normalized spacial score (nSPS) is 20.2. The first kappa shape index (κ1) is 19.8. The highest BCUT2D eigenvalue weighted by Crippen LogP contribution is 2.32. The number of carbonyl (C=O) groups is 1. The fraction of sp³-hybridized carbons (Fsp3) is 0.409. The van der Waals surface area contributed by atoms with Crippen molar-refractivity contribution >= 4 is 5.78 Å². The number of hydrogen-bond acceptors (Lipinski definition) is 5. The highest BCUT2D eigenvalue weighted by atomic mass is 16.7. The van der Waals surface area contributed by atoms with Gasteiger partial charge in [-0.1, -0.05) is 0 Å². The molecule has 3 N–H and O–H groups in total. The molecule has 5 rings (SSSR count). The molecule has 9 nitrogen and oxygen atoms in total. The monoisotopic (exact) mass is 424 g/mol. The Kier molecular flexibility index (Phi) is 5.21. The summed E-state index contributed by atoms with van der Waals surface area (Å²) in [7, 11) is 0. The number of aromatic amines is 1. The average molecular weight is 425 g/mol. The van der Waals surface area contributed by atoms with Gasteiger partial charge in [0.25, 0.3) is 0 Å². The van der Waals surface area contributed by atoms with E-state index in [1.807, 2.05) is 30.5 Å². The maximum Gasteiger partial charge on any atom is 0.231 e. The zero-order valence-corrected chi connectivity index (χ0v) is 17.9. The molecule has 0 bridgehead atoms. The van der Waals surface area contributed by atoms with Crippen LogP contribution in [0.5, 0.6) is 11.5 Å². The van der Waals surface area contributed by atoms with Crippen LogP contribution in [0, 0.1) is 13.8 Å². The summed E-state index contributed by atoms with van der Waals surface area (Å²) in [6, 6.07) is 8.16. The first-order valence-corrected chi connectivity index (χ1v) is 10.7. The van der Waals surface area contributed by atoms with Crippen LogP contribution >= 0.6 is 0 Å². The van der Waals surface area contributed by atoms with E-state index in [1.165, 1.54) is 16.8 Å². The van der Waals surface area contributed by atoms with Crippen LogP contribution in [0.1, 0.15) is 27.3 Å². The molecule has 2 aromatic heterocycles. The van der Waals surface area contributed by atoms with Gasteiger partial charge in [-0.25, -0.2) is 5.10 Å². The molecule has 9 heteroatoms. The zero-order valence-electron chi connectivity index (χ0n) is 17.9. The molecule has 0 unspecified atom stereocenters. The lowest BCUT2D eigenvalue weighted by atomic mass is 10.1. The number of fused-ring (bicyclic) bond motifs is 1. The Morgan fingerprint density at radius 1 is 1.10 bits per heavy atom. The van der Waals surface area contributed by atoms with Crippen molar-refractivity contribution in [3.8, 4) is 17.4 Å². The van der Waals surface area contributed by atoms with Gasteiger partial charge < -0.3 is 19.3 Å². The van der Waals surface area contributed by atoms with Crippen molar-refractivity contribution in [2.45, 2.75) is 20.4 Å². The second-order valence-electron chi connectivity index (χ2n) is 8.39. The Morgan fingerprint density at radius 3 is 2.65 bits per heavy atom. The summed E-state index contributed by atoms with van der Waals surface area (Å²) in [6.45, 7) is 9.83. The average Bonchev–Trinajstić information content (AvgIpc) is 3.50. The number of ketones is 1. The van der Waals surface area contributed by atoms with E-state index < -0.39 is 0 Å². The van der Waals surface area contributed by atoms with E-state index in [9.17, 15) is 4.79 Å². The highest BCUT2D eigenvalue weighted by molar-refractivity contribution is 5.98. The number of nitrogens with one attached hydrogen (secondary N) is 3. The molecule has 0 spiro atoms. The van der Waals surface area contributed by atoms with Crippen molar-refractivity contribution in [3.05, 3.63) is 53.1 Å². The number of ether oxygens (including phenoxy) is 2. The van der Waals surface area contributed by atoms with Gasteiger partial charge in [-0.05, 0) is 38.1 Å². The number of aromatic nitrogens is 4. The van der Waals surface area contributed by atoms with Gasteiger partial charge in [0.1, 0.15) is 45.6 Å². The SMILES string of the molecule is Cc1cc(C(=O)C[NH+]2CC[NH+](Cc3ccc4c(c3)OCO4)CC2)c(C)n1-c1ncn[nH]1. The Morgan fingerprint density at radius 2 is 1.87 bits per heavy atom. The lowest BCUT2D eigenvalue weighted by Crippen LogP contribution is -3.27. The van der Waals surface area contributed by atoms with Gasteiger partial charge >= 0.3 is 0 Å². The maximum absolute atomic E-state index is 13.0. The Balaban J connectivity index is 1.17. The summed E-state index contributed by atoms with van der Waals surface area (Å²) in [5.74, 6) is 2.50. The van der Waals surface area contributed by atoms with Crippen molar-refractivity contribution in [1.29, 1.82) is 0 Å². The van der Waals surface area contributed by atoms with Gasteiger partial charge in [0.05, 0.1) is 0 Å². The van der Waals surface area contributed by atoms with Crippen LogP contribution in [-0.4, -0.2) is 65.0 Å². The Bertz CT molecular complexity index is 1080. The number of H-pyrrole nitrogens is 1. The summed E-state index contributed by atoms with van der Waals surface area (Å²) < 4.78 is 12.8. The molecule has 0 saturated carbocycles. The number of carbonyl (C=O) groups excluding carboxylic acids is 1. The molecule has 0 atom stereocenters. The number of hydrogen-bond donors (Lipinski definition) is 3. The third kappa shape index (κ3) is 3.94. The van der Waals surface area contributed by atoms with Crippen molar-refractivity contribution in [2.24, 2.45) is 0 Å². The topological polar surface area (TPSA) is 90.9 Å². The molecule has 2 aliphatic rings. The number of benzene rings is 1. The lowest BCUT2D eigenvalue weighted by molar-refractivity contribution is -1.01. The van der Waals surface area contributed by atoms with E-state index in [-0.39, 0.29) is 5.78 Å². The molecule has 1 fully saturated rings. The smallest absolute Gasteiger partial charge is 0.231 e. The second kappa shape index (κ2) is 8.16. The van der Waals surface area contributed by atoms with Gasteiger partial charge in [-0.15, -0.1) is 0 Å². The van der Waals surface area contributed by atoms with Crippen LogP contribution in [-0.2, 0) is 6.54 Å². The molecule has 1 saturated heterocycles. The molecule has 162 valence electrons. The molecule has 31 heavy (non-hydrogen) atoms. The third-order valence-corrected chi connectivity index (χ3v) is 6.31. The van der Waals surface area contributed by atoms with Crippen LogP contribution in [0.15, 0.2) is 30.6 Å². The van der Waals surface area contributed by atoms with Gasteiger partial charge in [0.2, 0.25) is 18.5 Å². The first-order valence-electron chi connectivity index (χ1n) is 10.7. The van der Waals surface area contributed by atoms with Gasteiger partial charge in [-0.3, -0.25) is 9.36 Å². The number of quaternary nitrogens is 2. The van der Waals surface area contributed by atoms with Gasteiger partial charge in [-0.2, -0.15) is 10.1 Å². The minimum atomic E-state index is 0.188. The Hall–Kier alpha value is -3.17. The minimum absolute atomic E-state index is 0.188. The quantitative estimate of drug-likeness (QED) is 0.447. The van der Waals surface area contributed by atoms with E-state index in [1.54, 1.807) is 4.90 Å². The lowest BCUT2D eigenvalue weighted by Gasteiger charge is -2.29. The Labute approximate surface area is 180 Å². The fourth-order valence-corrected chi connectivity index (χ4v) is 4.65. The van der Waals surface area contributed by atoms with Crippen LogP contribution < -0.4 is 19.3 Å². The molecule has 0 amide bonds. The molecule has 1 aromatic carbocycles. The molecule has 3 aromatic rings. The van der Waals surface area contributed by atoms with Crippen molar-refractivity contribution in [3.63, 3.8) is 0 Å². The minimum Gasteiger partial charge on any atom is -0.454 e. The predicted octanol–water partition coefficient (Wildman–Crippen LogP) is -0.893. The largest absolute Gasteiger partial charge is 0.454 e. The van der Waals surface area contributed by atoms with E-state index >= 15 is 0 Å². The van der Waals surface area contributed by atoms with Crippen molar-refractivity contribution in [2.75, 3.05) is 39.5 Å². The number of rotatable bonds is 6.